The van der Waals surface area contributed by atoms with Crippen LogP contribution >= 0.6 is 0 Å². The Kier molecular flexibility index (Phi) is 7.50. The molecule has 0 heterocycles. The van der Waals surface area contributed by atoms with Gasteiger partial charge < -0.3 is 19.3 Å². The van der Waals surface area contributed by atoms with Crippen LogP contribution in [0.1, 0.15) is 25.0 Å². The van der Waals surface area contributed by atoms with E-state index in [1.165, 1.54) is 27.4 Å². The highest BCUT2D eigenvalue weighted by atomic mass is 16.6. The SMILES string of the molecule is COc1cc([C@@H](OC)[C@H](C)/C=C/CCO)c(OC)c([N+](=O)[O-])c1. The van der Waals surface area contributed by atoms with Crippen LogP contribution in [-0.4, -0.2) is 38.0 Å². The molecule has 0 amide bonds. The fraction of sp³-hybridized carbons (Fsp3) is 0.500. The third-order valence-electron chi connectivity index (χ3n) is 3.48. The number of rotatable bonds is 9. The van der Waals surface area contributed by atoms with Crippen LogP contribution in [0.25, 0.3) is 0 Å². The fourth-order valence-electron chi connectivity index (χ4n) is 2.41. The number of nitro groups is 1. The molecule has 0 saturated carbocycles. The highest BCUT2D eigenvalue weighted by molar-refractivity contribution is 5.57. The molecule has 0 unspecified atom stereocenters. The molecule has 0 bridgehead atoms. The molecule has 0 aliphatic carbocycles. The average Bonchev–Trinajstić information content (AvgIpc) is 2.54. The number of methoxy groups -OCH3 is 3. The molecule has 1 N–H and O–H groups in total. The lowest BCUT2D eigenvalue weighted by Gasteiger charge is -2.23. The number of ether oxygens (including phenoxy) is 3. The summed E-state index contributed by atoms with van der Waals surface area (Å²) in [5, 5.41) is 20.1. The van der Waals surface area contributed by atoms with Gasteiger partial charge in [-0.3, -0.25) is 10.1 Å². The van der Waals surface area contributed by atoms with E-state index in [0.717, 1.165) is 0 Å². The molecule has 0 aliphatic rings. The van der Waals surface area contributed by atoms with Gasteiger partial charge in [-0.15, -0.1) is 0 Å². The number of hydrogen-bond acceptors (Lipinski definition) is 6. The van der Waals surface area contributed by atoms with E-state index in [0.29, 0.717) is 17.7 Å². The predicted octanol–water partition coefficient (Wildman–Crippen LogP) is 2.87. The maximum Gasteiger partial charge on any atom is 0.315 e. The van der Waals surface area contributed by atoms with Crippen molar-refractivity contribution in [2.24, 2.45) is 5.92 Å². The molecule has 7 nitrogen and oxygen atoms in total. The minimum Gasteiger partial charge on any atom is -0.496 e. The predicted molar refractivity (Wildman–Crippen MR) is 86.0 cm³/mol. The van der Waals surface area contributed by atoms with Crippen molar-refractivity contribution in [2.45, 2.75) is 19.4 Å². The van der Waals surface area contributed by atoms with Crippen molar-refractivity contribution in [3.63, 3.8) is 0 Å². The van der Waals surface area contributed by atoms with Crippen molar-refractivity contribution in [2.75, 3.05) is 27.9 Å². The number of benzene rings is 1. The van der Waals surface area contributed by atoms with Crippen LogP contribution in [0.15, 0.2) is 24.3 Å². The first-order valence-corrected chi connectivity index (χ1v) is 7.20. The van der Waals surface area contributed by atoms with Gasteiger partial charge in [0, 0.05) is 25.2 Å². The summed E-state index contributed by atoms with van der Waals surface area (Å²) in [7, 11) is 4.37. The Morgan fingerprint density at radius 2 is 2.00 bits per heavy atom. The van der Waals surface area contributed by atoms with E-state index in [9.17, 15) is 10.1 Å². The molecule has 0 saturated heterocycles. The molecular weight excluding hydrogens is 302 g/mol. The molecule has 0 aromatic heterocycles. The number of aliphatic hydroxyl groups is 1. The smallest absolute Gasteiger partial charge is 0.315 e. The van der Waals surface area contributed by atoms with Crippen molar-refractivity contribution in [1.29, 1.82) is 0 Å². The van der Waals surface area contributed by atoms with Gasteiger partial charge in [-0.05, 0) is 12.5 Å². The molecule has 0 aliphatic heterocycles. The average molecular weight is 325 g/mol. The van der Waals surface area contributed by atoms with Crippen molar-refractivity contribution in [3.8, 4) is 11.5 Å². The van der Waals surface area contributed by atoms with Crippen LogP contribution < -0.4 is 9.47 Å². The Morgan fingerprint density at radius 1 is 1.30 bits per heavy atom. The highest BCUT2D eigenvalue weighted by Gasteiger charge is 2.28. The van der Waals surface area contributed by atoms with Crippen molar-refractivity contribution in [1.82, 2.24) is 0 Å². The van der Waals surface area contributed by atoms with Gasteiger partial charge in [0.05, 0.1) is 31.3 Å². The van der Waals surface area contributed by atoms with E-state index in [-0.39, 0.29) is 24.0 Å². The second-order valence-corrected chi connectivity index (χ2v) is 4.98. The minimum absolute atomic E-state index is 0.0643. The van der Waals surface area contributed by atoms with Crippen LogP contribution in [-0.2, 0) is 4.74 Å². The van der Waals surface area contributed by atoms with E-state index >= 15 is 0 Å². The van der Waals surface area contributed by atoms with Gasteiger partial charge in [0.15, 0.2) is 0 Å². The molecule has 1 rings (SSSR count). The van der Waals surface area contributed by atoms with Crippen LogP contribution in [0.3, 0.4) is 0 Å². The first-order valence-electron chi connectivity index (χ1n) is 7.20. The topological polar surface area (TPSA) is 91.1 Å². The second kappa shape index (κ2) is 9.12. The lowest BCUT2D eigenvalue weighted by atomic mass is 9.94. The molecule has 7 heteroatoms. The summed E-state index contributed by atoms with van der Waals surface area (Å²) in [6, 6.07) is 3.00. The standard InChI is InChI=1S/C16H23NO6/c1-11(7-5-6-8-18)15(22-3)13-9-12(21-2)10-14(17(19)20)16(13)23-4/h5,7,9-11,15,18H,6,8H2,1-4H3/b7-5+/t11-,15+/m1/s1. The number of nitrogens with zero attached hydrogens (tertiary/aromatic N) is 1. The van der Waals surface area contributed by atoms with Crippen LogP contribution in [0, 0.1) is 16.0 Å². The minimum atomic E-state index is -0.510. The van der Waals surface area contributed by atoms with Gasteiger partial charge in [0.1, 0.15) is 5.75 Å². The number of aliphatic hydroxyl groups excluding tert-OH is 1. The van der Waals surface area contributed by atoms with E-state index in [1.807, 2.05) is 19.1 Å². The summed E-state index contributed by atoms with van der Waals surface area (Å²) in [5.41, 5.74) is 0.373. The van der Waals surface area contributed by atoms with E-state index in [4.69, 9.17) is 19.3 Å². The first kappa shape index (κ1) is 18.9. The monoisotopic (exact) mass is 325 g/mol. The first-order chi connectivity index (χ1) is 11.0. The summed E-state index contributed by atoms with van der Waals surface area (Å²) in [4.78, 5) is 10.8. The molecule has 1 aromatic rings. The van der Waals surface area contributed by atoms with E-state index in [2.05, 4.69) is 0 Å². The third-order valence-corrected chi connectivity index (χ3v) is 3.48. The van der Waals surface area contributed by atoms with Crippen LogP contribution in [0.4, 0.5) is 5.69 Å². The zero-order valence-corrected chi connectivity index (χ0v) is 13.8. The lowest BCUT2D eigenvalue weighted by molar-refractivity contribution is -0.385. The fourth-order valence-corrected chi connectivity index (χ4v) is 2.41. The summed E-state index contributed by atoms with van der Waals surface area (Å²) in [6.07, 6.45) is 3.83. The van der Waals surface area contributed by atoms with Gasteiger partial charge in [-0.25, -0.2) is 0 Å². The van der Waals surface area contributed by atoms with Crippen LogP contribution in [0.2, 0.25) is 0 Å². The Labute approximate surface area is 135 Å². The zero-order chi connectivity index (χ0) is 17.4. The summed E-state index contributed by atoms with van der Waals surface area (Å²) in [5.74, 6) is 0.443. The van der Waals surface area contributed by atoms with Gasteiger partial charge in [-0.1, -0.05) is 19.1 Å². The second-order valence-electron chi connectivity index (χ2n) is 4.98. The molecule has 128 valence electrons. The molecule has 0 fully saturated rings. The molecule has 23 heavy (non-hydrogen) atoms. The third kappa shape index (κ3) is 4.67. The molecule has 2 atom stereocenters. The Bertz CT molecular complexity index is 558. The Balaban J connectivity index is 3.35. The van der Waals surface area contributed by atoms with E-state index < -0.39 is 11.0 Å². The largest absolute Gasteiger partial charge is 0.496 e. The van der Waals surface area contributed by atoms with Crippen molar-refractivity contribution in [3.05, 3.63) is 40.0 Å². The molecule has 1 aromatic carbocycles. The highest BCUT2D eigenvalue weighted by Crippen LogP contribution is 2.42. The molecule has 0 radical (unpaired) electrons. The maximum absolute atomic E-state index is 11.3. The Morgan fingerprint density at radius 3 is 2.48 bits per heavy atom. The normalized spacial score (nSPS) is 13.8. The number of nitro benzene ring substituents is 1. The van der Waals surface area contributed by atoms with Gasteiger partial charge in [0.2, 0.25) is 5.75 Å². The van der Waals surface area contributed by atoms with Crippen molar-refractivity contribution >= 4 is 5.69 Å². The maximum atomic E-state index is 11.3. The lowest BCUT2D eigenvalue weighted by Crippen LogP contribution is -2.12. The quantitative estimate of drug-likeness (QED) is 0.426. The summed E-state index contributed by atoms with van der Waals surface area (Å²) in [6.45, 7) is 1.99. The van der Waals surface area contributed by atoms with Crippen LogP contribution in [0.5, 0.6) is 11.5 Å². The van der Waals surface area contributed by atoms with Gasteiger partial charge >= 0.3 is 5.69 Å². The molecular formula is C16H23NO6. The van der Waals surface area contributed by atoms with E-state index in [1.54, 1.807) is 6.07 Å². The molecule has 0 spiro atoms. The summed E-state index contributed by atoms with van der Waals surface area (Å²) >= 11 is 0. The van der Waals surface area contributed by atoms with Crippen molar-refractivity contribution < 1.29 is 24.2 Å². The Hall–Kier alpha value is -2.12. The summed E-state index contributed by atoms with van der Waals surface area (Å²) < 4.78 is 15.9. The number of hydrogen-bond donors (Lipinski definition) is 1. The van der Waals surface area contributed by atoms with Gasteiger partial charge in [-0.2, -0.15) is 0 Å². The van der Waals surface area contributed by atoms with Gasteiger partial charge in [0.25, 0.3) is 0 Å². The zero-order valence-electron chi connectivity index (χ0n) is 13.8.